The Labute approximate surface area is 196 Å². The molecule has 0 spiro atoms. The van der Waals surface area contributed by atoms with Gasteiger partial charge in [0.2, 0.25) is 5.91 Å². The lowest BCUT2D eigenvalue weighted by Gasteiger charge is -2.31. The van der Waals surface area contributed by atoms with Crippen molar-refractivity contribution in [2.75, 3.05) is 11.9 Å². The van der Waals surface area contributed by atoms with E-state index < -0.39 is 0 Å². The summed E-state index contributed by atoms with van der Waals surface area (Å²) in [6, 6.07) is 14.2. The van der Waals surface area contributed by atoms with E-state index in [-0.39, 0.29) is 24.5 Å². The number of nitrogens with one attached hydrogen (secondary N) is 2. The monoisotopic (exact) mass is 456 g/mol. The first-order valence-corrected chi connectivity index (χ1v) is 10.8. The van der Waals surface area contributed by atoms with Gasteiger partial charge >= 0.3 is 0 Å². The number of nitrogens with zero attached hydrogens (tertiary/aromatic N) is 4. The van der Waals surface area contributed by atoms with Crippen molar-refractivity contribution in [2.24, 2.45) is 0 Å². The van der Waals surface area contributed by atoms with Crippen LogP contribution in [0, 0.1) is 16.7 Å². The fourth-order valence-corrected chi connectivity index (χ4v) is 4.21. The predicted octanol–water partition coefficient (Wildman–Crippen LogP) is 3.09. The number of rotatable bonds is 6. The molecule has 0 saturated carbocycles. The molecule has 9 heteroatoms. The van der Waals surface area contributed by atoms with E-state index in [9.17, 15) is 20.0 Å². The maximum atomic E-state index is 13.3. The van der Waals surface area contributed by atoms with E-state index in [1.54, 1.807) is 21.7 Å². The Balaban J connectivity index is 1.73. The number of nitriles is 1. The zero-order valence-electron chi connectivity index (χ0n) is 18.9. The molecule has 0 fully saturated rings. The topological polar surface area (TPSA) is 135 Å². The molecule has 0 bridgehead atoms. The second-order valence-corrected chi connectivity index (χ2v) is 8.29. The number of carbonyl (C=O) groups excluding carboxylic acids is 2. The molecule has 2 amide bonds. The summed E-state index contributed by atoms with van der Waals surface area (Å²) in [5, 5.41) is 34.0. The summed E-state index contributed by atoms with van der Waals surface area (Å²) in [4.78, 5) is 26.9. The van der Waals surface area contributed by atoms with Crippen LogP contribution in [-0.4, -0.2) is 44.4 Å². The van der Waals surface area contributed by atoms with Gasteiger partial charge in [-0.05, 0) is 41.8 Å². The first-order valence-electron chi connectivity index (χ1n) is 10.8. The SMILES string of the molecule is CC(=O)Nc1cc(C#N)cc(CO)c1-c1cc2n(n1)[C@@H](C)CN(Cc1ccc(C=N)cc1)C2=O. The van der Waals surface area contributed by atoms with Gasteiger partial charge in [0, 0.05) is 31.8 Å². The second kappa shape index (κ2) is 9.29. The quantitative estimate of drug-likeness (QED) is 0.490. The van der Waals surface area contributed by atoms with Gasteiger partial charge in [-0.25, -0.2) is 0 Å². The van der Waals surface area contributed by atoms with Gasteiger partial charge < -0.3 is 20.7 Å². The highest BCUT2D eigenvalue weighted by Crippen LogP contribution is 2.35. The number of fused-ring (bicyclic) bond motifs is 1. The number of anilines is 1. The van der Waals surface area contributed by atoms with E-state index in [1.165, 1.54) is 19.2 Å². The number of benzene rings is 2. The van der Waals surface area contributed by atoms with Crippen LogP contribution in [0.1, 0.15) is 52.6 Å². The van der Waals surface area contributed by atoms with Crippen molar-refractivity contribution in [1.29, 1.82) is 10.7 Å². The van der Waals surface area contributed by atoms with E-state index >= 15 is 0 Å². The maximum Gasteiger partial charge on any atom is 0.272 e. The van der Waals surface area contributed by atoms with Gasteiger partial charge in [-0.1, -0.05) is 24.3 Å². The van der Waals surface area contributed by atoms with Crippen LogP contribution in [0.5, 0.6) is 0 Å². The van der Waals surface area contributed by atoms with Crippen LogP contribution in [-0.2, 0) is 17.9 Å². The molecule has 9 nitrogen and oxygen atoms in total. The average Bonchev–Trinajstić information content (AvgIpc) is 3.27. The summed E-state index contributed by atoms with van der Waals surface area (Å²) in [5.41, 5.74) is 4.16. The molecule has 1 aromatic heterocycles. The van der Waals surface area contributed by atoms with Gasteiger partial charge in [0.05, 0.1) is 35.7 Å². The number of amides is 2. The summed E-state index contributed by atoms with van der Waals surface area (Å²) < 4.78 is 1.67. The predicted molar refractivity (Wildman–Crippen MR) is 126 cm³/mol. The molecule has 1 atom stereocenters. The highest BCUT2D eigenvalue weighted by molar-refractivity contribution is 5.98. The lowest BCUT2D eigenvalue weighted by Crippen LogP contribution is -2.41. The molecule has 0 unspecified atom stereocenters. The Hall–Kier alpha value is -4.29. The third-order valence-electron chi connectivity index (χ3n) is 5.75. The lowest BCUT2D eigenvalue weighted by molar-refractivity contribution is -0.114. The molecule has 34 heavy (non-hydrogen) atoms. The summed E-state index contributed by atoms with van der Waals surface area (Å²) in [7, 11) is 0. The minimum absolute atomic E-state index is 0.0949. The van der Waals surface area contributed by atoms with E-state index in [2.05, 4.69) is 10.4 Å². The Kier molecular flexibility index (Phi) is 6.25. The Morgan fingerprint density at radius 1 is 1.32 bits per heavy atom. The van der Waals surface area contributed by atoms with Crippen LogP contribution in [0.2, 0.25) is 0 Å². The molecule has 2 aromatic carbocycles. The lowest BCUT2D eigenvalue weighted by atomic mass is 9.99. The van der Waals surface area contributed by atoms with Crippen LogP contribution in [0.4, 0.5) is 5.69 Å². The third kappa shape index (κ3) is 4.31. The second-order valence-electron chi connectivity index (χ2n) is 8.29. The Morgan fingerprint density at radius 3 is 2.68 bits per heavy atom. The molecule has 0 saturated heterocycles. The molecule has 0 aliphatic carbocycles. The van der Waals surface area contributed by atoms with Crippen molar-refractivity contribution >= 4 is 23.7 Å². The summed E-state index contributed by atoms with van der Waals surface area (Å²) in [5.74, 6) is -0.498. The number of hydrogen-bond acceptors (Lipinski definition) is 6. The van der Waals surface area contributed by atoms with Gasteiger partial charge in [0.15, 0.2) is 0 Å². The van der Waals surface area contributed by atoms with Gasteiger partial charge in [0.1, 0.15) is 5.69 Å². The number of aromatic nitrogens is 2. The van der Waals surface area contributed by atoms with Gasteiger partial charge in [0.25, 0.3) is 5.91 Å². The molecule has 1 aliphatic heterocycles. The smallest absolute Gasteiger partial charge is 0.272 e. The molecular weight excluding hydrogens is 432 g/mol. The van der Waals surface area contributed by atoms with Crippen molar-refractivity contribution in [2.45, 2.75) is 33.0 Å². The van der Waals surface area contributed by atoms with Crippen LogP contribution >= 0.6 is 0 Å². The molecule has 2 heterocycles. The number of carbonyl (C=O) groups is 2. The minimum atomic E-state index is -0.360. The average molecular weight is 457 g/mol. The molecule has 4 rings (SSSR count). The Bertz CT molecular complexity index is 1320. The van der Waals surface area contributed by atoms with Crippen molar-refractivity contribution in [3.8, 4) is 17.3 Å². The zero-order valence-corrected chi connectivity index (χ0v) is 18.9. The van der Waals surface area contributed by atoms with Gasteiger partial charge in [-0.2, -0.15) is 10.4 Å². The zero-order chi connectivity index (χ0) is 24.4. The van der Waals surface area contributed by atoms with Crippen LogP contribution < -0.4 is 5.32 Å². The van der Waals surface area contributed by atoms with Crippen molar-refractivity contribution in [3.63, 3.8) is 0 Å². The van der Waals surface area contributed by atoms with Crippen LogP contribution in [0.15, 0.2) is 42.5 Å². The maximum absolute atomic E-state index is 13.3. The van der Waals surface area contributed by atoms with Crippen LogP contribution in [0.3, 0.4) is 0 Å². The van der Waals surface area contributed by atoms with Crippen molar-refractivity contribution < 1.29 is 14.7 Å². The third-order valence-corrected chi connectivity index (χ3v) is 5.75. The molecular formula is C25H24N6O3. The van der Waals surface area contributed by atoms with E-state index in [0.29, 0.717) is 46.9 Å². The number of hydrogen-bond donors (Lipinski definition) is 3. The number of aliphatic hydroxyl groups is 1. The van der Waals surface area contributed by atoms with E-state index in [1.807, 2.05) is 37.3 Å². The normalized spacial score (nSPS) is 14.9. The first-order chi connectivity index (χ1) is 16.3. The van der Waals surface area contributed by atoms with Gasteiger partial charge in [-0.15, -0.1) is 0 Å². The fourth-order valence-electron chi connectivity index (χ4n) is 4.21. The summed E-state index contributed by atoms with van der Waals surface area (Å²) in [6.45, 7) is 3.87. The largest absolute Gasteiger partial charge is 0.392 e. The molecule has 3 N–H and O–H groups in total. The Morgan fingerprint density at radius 2 is 2.06 bits per heavy atom. The summed E-state index contributed by atoms with van der Waals surface area (Å²) in [6.07, 6.45) is 1.27. The first kappa shape index (κ1) is 22.9. The standard InChI is InChI=1S/C25H24N6O3/c1-15-12-30(13-18-5-3-17(10-26)4-6-18)25(34)23-9-22(29-31(15)23)24-20(14-32)7-19(11-27)8-21(24)28-16(2)33/h3-10,15,26,32H,12-14H2,1-2H3,(H,28,33)/t15-/m0/s1. The van der Waals surface area contributed by atoms with Crippen LogP contribution in [0.25, 0.3) is 11.3 Å². The number of aliphatic hydroxyl groups excluding tert-OH is 1. The van der Waals surface area contributed by atoms with Crippen molar-refractivity contribution in [1.82, 2.24) is 14.7 Å². The molecule has 1 aliphatic rings. The minimum Gasteiger partial charge on any atom is -0.392 e. The highest BCUT2D eigenvalue weighted by Gasteiger charge is 2.32. The highest BCUT2D eigenvalue weighted by atomic mass is 16.3. The van der Waals surface area contributed by atoms with E-state index in [4.69, 9.17) is 5.41 Å². The summed E-state index contributed by atoms with van der Waals surface area (Å²) >= 11 is 0. The fraction of sp³-hybridized carbons (Fsp3) is 0.240. The molecule has 0 radical (unpaired) electrons. The molecule has 172 valence electrons. The van der Waals surface area contributed by atoms with Gasteiger partial charge in [-0.3, -0.25) is 14.3 Å². The van der Waals surface area contributed by atoms with E-state index in [0.717, 1.165) is 11.1 Å². The molecule has 3 aromatic rings. The van der Waals surface area contributed by atoms with Crippen molar-refractivity contribution in [3.05, 3.63) is 70.4 Å².